The first-order chi connectivity index (χ1) is 13.0. The van der Waals surface area contributed by atoms with E-state index in [2.05, 4.69) is 19.9 Å². The summed E-state index contributed by atoms with van der Waals surface area (Å²) < 4.78 is 0. The summed E-state index contributed by atoms with van der Waals surface area (Å²) >= 11 is 0. The predicted octanol–water partition coefficient (Wildman–Crippen LogP) is 2.74. The van der Waals surface area contributed by atoms with E-state index < -0.39 is 4.92 Å². The summed E-state index contributed by atoms with van der Waals surface area (Å²) in [4.78, 5) is 38.1. The van der Waals surface area contributed by atoms with E-state index in [0.717, 1.165) is 5.56 Å². The number of carbonyl (C=O) groups is 1. The van der Waals surface area contributed by atoms with Crippen LogP contribution in [0.1, 0.15) is 15.9 Å². The second-order valence-corrected chi connectivity index (χ2v) is 5.75. The Morgan fingerprint density at radius 1 is 1.00 bits per heavy atom. The SMILES string of the molecule is Nc1ncnc2nc(-c3ccc(C(=O)c4ccc([N+](=O)[O-])cc4)cc3)[nH]c12. The van der Waals surface area contributed by atoms with Gasteiger partial charge in [0, 0.05) is 28.8 Å². The summed E-state index contributed by atoms with van der Waals surface area (Å²) in [6.07, 6.45) is 1.34. The van der Waals surface area contributed by atoms with Gasteiger partial charge >= 0.3 is 0 Å². The average Bonchev–Trinajstić information content (AvgIpc) is 3.13. The Kier molecular flexibility index (Phi) is 3.81. The monoisotopic (exact) mass is 360 g/mol. The summed E-state index contributed by atoms with van der Waals surface area (Å²) in [5.41, 5.74) is 8.34. The number of non-ortho nitro benzene ring substituents is 1. The molecule has 0 amide bonds. The molecule has 27 heavy (non-hydrogen) atoms. The molecule has 0 aliphatic heterocycles. The quantitative estimate of drug-likeness (QED) is 0.324. The lowest BCUT2D eigenvalue weighted by atomic mass is 10.0. The molecule has 0 bridgehead atoms. The fourth-order valence-corrected chi connectivity index (χ4v) is 2.66. The van der Waals surface area contributed by atoms with Crippen LogP contribution in [0.2, 0.25) is 0 Å². The molecule has 4 aromatic rings. The maximum Gasteiger partial charge on any atom is 0.269 e. The van der Waals surface area contributed by atoms with Crippen LogP contribution in [0.3, 0.4) is 0 Å². The zero-order valence-corrected chi connectivity index (χ0v) is 13.8. The number of H-pyrrole nitrogens is 1. The Bertz CT molecular complexity index is 1170. The molecule has 2 aromatic carbocycles. The molecule has 2 aromatic heterocycles. The number of carbonyl (C=O) groups excluding carboxylic acids is 1. The number of nitrogens with one attached hydrogen (secondary N) is 1. The molecule has 0 spiro atoms. The van der Waals surface area contributed by atoms with Gasteiger partial charge in [-0.15, -0.1) is 0 Å². The van der Waals surface area contributed by atoms with Gasteiger partial charge in [-0.1, -0.05) is 24.3 Å². The highest BCUT2D eigenvalue weighted by Gasteiger charge is 2.13. The third kappa shape index (κ3) is 2.97. The van der Waals surface area contributed by atoms with Crippen molar-refractivity contribution in [2.75, 3.05) is 5.73 Å². The van der Waals surface area contributed by atoms with E-state index in [1.54, 1.807) is 24.3 Å². The molecule has 4 rings (SSSR count). The minimum absolute atomic E-state index is 0.0610. The van der Waals surface area contributed by atoms with Crippen molar-refractivity contribution in [3.8, 4) is 11.4 Å². The largest absolute Gasteiger partial charge is 0.382 e. The number of nitrogen functional groups attached to an aromatic ring is 1. The van der Waals surface area contributed by atoms with Crippen LogP contribution in [0.25, 0.3) is 22.6 Å². The molecule has 0 aliphatic carbocycles. The van der Waals surface area contributed by atoms with E-state index in [4.69, 9.17) is 5.73 Å². The Morgan fingerprint density at radius 2 is 1.63 bits per heavy atom. The Hall–Kier alpha value is -4.14. The lowest BCUT2D eigenvalue weighted by Gasteiger charge is -2.03. The zero-order valence-electron chi connectivity index (χ0n) is 13.8. The van der Waals surface area contributed by atoms with Gasteiger partial charge in [0.1, 0.15) is 17.7 Å². The highest BCUT2D eigenvalue weighted by Crippen LogP contribution is 2.23. The average molecular weight is 360 g/mol. The fraction of sp³-hybridized carbons (Fsp3) is 0. The molecule has 132 valence electrons. The molecule has 3 N–H and O–H groups in total. The number of nitro groups is 1. The highest BCUT2D eigenvalue weighted by molar-refractivity contribution is 6.09. The number of benzene rings is 2. The van der Waals surface area contributed by atoms with Gasteiger partial charge in [-0.3, -0.25) is 14.9 Å². The lowest BCUT2D eigenvalue weighted by molar-refractivity contribution is -0.384. The third-order valence-corrected chi connectivity index (χ3v) is 4.08. The van der Waals surface area contributed by atoms with Gasteiger partial charge in [-0.25, -0.2) is 15.0 Å². The molecule has 0 fully saturated rings. The first-order valence-electron chi connectivity index (χ1n) is 7.89. The van der Waals surface area contributed by atoms with Crippen LogP contribution in [-0.2, 0) is 0 Å². The number of hydrogen-bond acceptors (Lipinski definition) is 7. The van der Waals surface area contributed by atoms with Crippen molar-refractivity contribution in [1.82, 2.24) is 19.9 Å². The summed E-state index contributed by atoms with van der Waals surface area (Å²) in [7, 11) is 0. The molecule has 2 heterocycles. The number of nitrogens with zero attached hydrogens (tertiary/aromatic N) is 4. The van der Waals surface area contributed by atoms with Crippen molar-refractivity contribution in [2.24, 2.45) is 0 Å². The number of fused-ring (bicyclic) bond motifs is 1. The number of hydrogen-bond donors (Lipinski definition) is 2. The molecule has 0 saturated carbocycles. The summed E-state index contributed by atoms with van der Waals surface area (Å²) in [6.45, 7) is 0. The molecule has 0 saturated heterocycles. The molecule has 0 atom stereocenters. The van der Waals surface area contributed by atoms with Crippen LogP contribution in [0.15, 0.2) is 54.9 Å². The lowest BCUT2D eigenvalue weighted by Crippen LogP contribution is -2.01. The van der Waals surface area contributed by atoms with Crippen LogP contribution in [0.4, 0.5) is 11.5 Å². The van der Waals surface area contributed by atoms with Crippen molar-refractivity contribution in [2.45, 2.75) is 0 Å². The van der Waals surface area contributed by atoms with Gasteiger partial charge in [0.15, 0.2) is 17.2 Å². The van der Waals surface area contributed by atoms with E-state index in [1.165, 1.54) is 30.6 Å². The van der Waals surface area contributed by atoms with Gasteiger partial charge in [0.05, 0.1) is 4.92 Å². The van der Waals surface area contributed by atoms with Gasteiger partial charge in [-0.05, 0) is 12.1 Å². The summed E-state index contributed by atoms with van der Waals surface area (Å²) in [6, 6.07) is 12.3. The second-order valence-electron chi connectivity index (χ2n) is 5.75. The molecule has 9 nitrogen and oxygen atoms in total. The van der Waals surface area contributed by atoms with Gasteiger partial charge in [-0.2, -0.15) is 0 Å². The Labute approximate surface area is 152 Å². The van der Waals surface area contributed by atoms with Crippen molar-refractivity contribution >= 4 is 28.5 Å². The second kappa shape index (κ2) is 6.30. The van der Waals surface area contributed by atoms with Crippen LogP contribution < -0.4 is 5.73 Å². The molecule has 0 aliphatic rings. The number of nitro benzene ring substituents is 1. The van der Waals surface area contributed by atoms with Crippen molar-refractivity contribution in [3.63, 3.8) is 0 Å². The topological polar surface area (TPSA) is 141 Å². The number of anilines is 1. The predicted molar refractivity (Wildman–Crippen MR) is 98.1 cm³/mol. The molecular weight excluding hydrogens is 348 g/mol. The maximum atomic E-state index is 12.5. The van der Waals surface area contributed by atoms with E-state index in [-0.39, 0.29) is 11.5 Å². The van der Waals surface area contributed by atoms with Crippen LogP contribution >= 0.6 is 0 Å². The molecular formula is C18H12N6O3. The summed E-state index contributed by atoms with van der Waals surface area (Å²) in [5.74, 6) is 0.645. The first kappa shape index (κ1) is 16.3. The van der Waals surface area contributed by atoms with Gasteiger partial charge in [0.2, 0.25) is 0 Å². The van der Waals surface area contributed by atoms with Crippen LogP contribution in [0, 0.1) is 10.1 Å². The minimum Gasteiger partial charge on any atom is -0.382 e. The first-order valence-corrected chi connectivity index (χ1v) is 7.89. The minimum atomic E-state index is -0.506. The smallest absolute Gasteiger partial charge is 0.269 e. The molecule has 0 radical (unpaired) electrons. The number of nitrogens with two attached hydrogens (primary N) is 1. The van der Waals surface area contributed by atoms with Crippen molar-refractivity contribution in [3.05, 3.63) is 76.1 Å². The third-order valence-electron chi connectivity index (χ3n) is 4.08. The highest BCUT2D eigenvalue weighted by atomic mass is 16.6. The van der Waals surface area contributed by atoms with E-state index in [1.807, 2.05) is 0 Å². The Balaban J connectivity index is 1.62. The number of imidazole rings is 1. The molecule has 0 unspecified atom stereocenters. The number of aromatic amines is 1. The Morgan fingerprint density at radius 3 is 2.22 bits per heavy atom. The summed E-state index contributed by atoms with van der Waals surface area (Å²) in [5, 5.41) is 10.7. The van der Waals surface area contributed by atoms with Crippen molar-refractivity contribution < 1.29 is 9.72 Å². The zero-order chi connectivity index (χ0) is 19.0. The molecule has 9 heteroatoms. The van der Waals surface area contributed by atoms with Gasteiger partial charge < -0.3 is 10.7 Å². The number of aromatic nitrogens is 4. The van der Waals surface area contributed by atoms with Crippen LogP contribution in [0.5, 0.6) is 0 Å². The normalized spacial score (nSPS) is 10.8. The number of ketones is 1. The van der Waals surface area contributed by atoms with E-state index in [9.17, 15) is 14.9 Å². The standard InChI is InChI=1S/C18H12N6O3/c19-16-14-18(21-9-20-16)23-17(22-14)12-3-1-10(2-4-12)15(25)11-5-7-13(8-6-11)24(26)27/h1-9H,(H3,19,20,21,22,23). The maximum absolute atomic E-state index is 12.5. The van der Waals surface area contributed by atoms with Crippen molar-refractivity contribution in [1.29, 1.82) is 0 Å². The fourth-order valence-electron chi connectivity index (χ4n) is 2.66. The van der Waals surface area contributed by atoms with E-state index >= 15 is 0 Å². The van der Waals surface area contributed by atoms with Gasteiger partial charge in [0.25, 0.3) is 5.69 Å². The van der Waals surface area contributed by atoms with E-state index in [0.29, 0.717) is 33.9 Å². The van der Waals surface area contributed by atoms with Crippen LogP contribution in [-0.4, -0.2) is 30.6 Å². The number of rotatable bonds is 4.